The Labute approximate surface area is 102 Å². The molecular weight excluding hydrogens is 214 g/mol. The van der Waals surface area contributed by atoms with Crippen molar-refractivity contribution in [3.05, 3.63) is 29.3 Å². The molecule has 3 heteroatoms. The largest absolute Gasteiger partial charge is 0.493 e. The summed E-state index contributed by atoms with van der Waals surface area (Å²) >= 11 is 0. The third kappa shape index (κ3) is 2.67. The van der Waals surface area contributed by atoms with Crippen LogP contribution in [0.3, 0.4) is 0 Å². The molecule has 0 bridgehead atoms. The summed E-state index contributed by atoms with van der Waals surface area (Å²) in [6.45, 7) is 4.79. The minimum atomic E-state index is -0.0630. The van der Waals surface area contributed by atoms with Gasteiger partial charge in [0, 0.05) is 24.4 Å². The Morgan fingerprint density at radius 3 is 2.94 bits per heavy atom. The van der Waals surface area contributed by atoms with Crippen LogP contribution in [0.15, 0.2) is 18.2 Å². The lowest BCUT2D eigenvalue weighted by molar-refractivity contribution is 0.0967. The van der Waals surface area contributed by atoms with Crippen molar-refractivity contribution in [2.24, 2.45) is 11.7 Å². The minimum absolute atomic E-state index is 0.0630. The molecule has 1 heterocycles. The SMILES string of the molecule is CC(C)C(N)CC(=O)c1ccc2c(c1)CCO2. The van der Waals surface area contributed by atoms with E-state index in [0.29, 0.717) is 12.3 Å². The fourth-order valence-electron chi connectivity index (χ4n) is 1.93. The molecule has 0 radical (unpaired) electrons. The summed E-state index contributed by atoms with van der Waals surface area (Å²) in [5, 5.41) is 0. The highest BCUT2D eigenvalue weighted by molar-refractivity contribution is 5.96. The molecule has 3 nitrogen and oxygen atoms in total. The predicted molar refractivity (Wildman–Crippen MR) is 67.4 cm³/mol. The zero-order valence-electron chi connectivity index (χ0n) is 10.4. The monoisotopic (exact) mass is 233 g/mol. The van der Waals surface area contributed by atoms with Crippen LogP contribution < -0.4 is 10.5 Å². The van der Waals surface area contributed by atoms with E-state index < -0.39 is 0 Å². The van der Waals surface area contributed by atoms with Gasteiger partial charge in [-0.05, 0) is 29.7 Å². The minimum Gasteiger partial charge on any atom is -0.493 e. The van der Waals surface area contributed by atoms with Crippen molar-refractivity contribution in [2.45, 2.75) is 32.7 Å². The maximum Gasteiger partial charge on any atom is 0.164 e. The van der Waals surface area contributed by atoms with Crippen LogP contribution in [0.25, 0.3) is 0 Å². The standard InChI is InChI=1S/C14H19NO2/c1-9(2)12(15)8-13(16)10-3-4-14-11(7-10)5-6-17-14/h3-4,7,9,12H,5-6,8,15H2,1-2H3. The average molecular weight is 233 g/mol. The lowest BCUT2D eigenvalue weighted by Crippen LogP contribution is -2.29. The molecule has 1 aliphatic rings. The van der Waals surface area contributed by atoms with Crippen molar-refractivity contribution in [1.29, 1.82) is 0 Å². The van der Waals surface area contributed by atoms with Crippen molar-refractivity contribution in [1.82, 2.24) is 0 Å². The second kappa shape index (κ2) is 4.88. The van der Waals surface area contributed by atoms with Gasteiger partial charge in [0.15, 0.2) is 5.78 Å². The highest BCUT2D eigenvalue weighted by Crippen LogP contribution is 2.26. The van der Waals surface area contributed by atoms with Crippen molar-refractivity contribution in [3.8, 4) is 5.75 Å². The van der Waals surface area contributed by atoms with Gasteiger partial charge in [-0.25, -0.2) is 0 Å². The third-order valence-corrected chi connectivity index (χ3v) is 3.29. The Balaban J connectivity index is 2.10. The molecule has 0 aliphatic carbocycles. The average Bonchev–Trinajstić information content (AvgIpc) is 2.75. The molecule has 1 atom stereocenters. The van der Waals surface area contributed by atoms with Gasteiger partial charge in [-0.15, -0.1) is 0 Å². The second-order valence-electron chi connectivity index (χ2n) is 4.96. The summed E-state index contributed by atoms with van der Waals surface area (Å²) in [6, 6.07) is 5.60. The van der Waals surface area contributed by atoms with Crippen LogP contribution in [-0.4, -0.2) is 18.4 Å². The quantitative estimate of drug-likeness (QED) is 0.811. The summed E-state index contributed by atoms with van der Waals surface area (Å²) in [5.41, 5.74) is 7.81. The molecule has 0 saturated carbocycles. The normalized spacial score (nSPS) is 15.5. The number of ether oxygens (including phenoxy) is 1. The smallest absolute Gasteiger partial charge is 0.164 e. The molecular formula is C14H19NO2. The molecule has 1 unspecified atom stereocenters. The van der Waals surface area contributed by atoms with E-state index in [4.69, 9.17) is 10.5 Å². The fourth-order valence-corrected chi connectivity index (χ4v) is 1.93. The lowest BCUT2D eigenvalue weighted by atomic mass is 9.95. The summed E-state index contributed by atoms with van der Waals surface area (Å²) in [6.07, 6.45) is 1.31. The Bertz CT molecular complexity index is 426. The number of nitrogens with two attached hydrogens (primary N) is 1. The highest BCUT2D eigenvalue weighted by Gasteiger charge is 2.18. The molecule has 1 aromatic carbocycles. The van der Waals surface area contributed by atoms with Crippen molar-refractivity contribution >= 4 is 5.78 Å². The molecule has 1 aromatic rings. The van der Waals surface area contributed by atoms with Gasteiger partial charge in [-0.2, -0.15) is 0 Å². The van der Waals surface area contributed by atoms with E-state index in [1.54, 1.807) is 0 Å². The first-order chi connectivity index (χ1) is 8.08. The van der Waals surface area contributed by atoms with Gasteiger partial charge >= 0.3 is 0 Å². The van der Waals surface area contributed by atoms with Crippen molar-refractivity contribution in [3.63, 3.8) is 0 Å². The number of rotatable bonds is 4. The number of ketones is 1. The fraction of sp³-hybridized carbons (Fsp3) is 0.500. The van der Waals surface area contributed by atoms with Crippen LogP contribution in [0.5, 0.6) is 5.75 Å². The first kappa shape index (κ1) is 12.1. The van der Waals surface area contributed by atoms with Gasteiger partial charge in [0.05, 0.1) is 6.61 Å². The second-order valence-corrected chi connectivity index (χ2v) is 4.96. The summed E-state index contributed by atoms with van der Waals surface area (Å²) < 4.78 is 5.42. The molecule has 2 rings (SSSR count). The van der Waals surface area contributed by atoms with Crippen LogP contribution >= 0.6 is 0 Å². The summed E-state index contributed by atoms with van der Waals surface area (Å²) in [4.78, 5) is 12.0. The molecule has 0 spiro atoms. The molecule has 2 N–H and O–H groups in total. The Morgan fingerprint density at radius 2 is 2.24 bits per heavy atom. The molecule has 0 fully saturated rings. The van der Waals surface area contributed by atoms with Crippen molar-refractivity contribution < 1.29 is 9.53 Å². The Morgan fingerprint density at radius 1 is 1.47 bits per heavy atom. The number of hydrogen-bond donors (Lipinski definition) is 1. The van der Waals surface area contributed by atoms with Crippen LogP contribution in [0.2, 0.25) is 0 Å². The number of Topliss-reactive ketones (excluding diaryl/α,β-unsaturated/α-hetero) is 1. The number of carbonyl (C=O) groups is 1. The van der Waals surface area contributed by atoms with Crippen LogP contribution in [0.4, 0.5) is 0 Å². The maximum absolute atomic E-state index is 12.0. The van der Waals surface area contributed by atoms with Gasteiger partial charge in [0.25, 0.3) is 0 Å². The molecule has 1 aliphatic heterocycles. The summed E-state index contributed by atoms with van der Waals surface area (Å²) in [7, 11) is 0. The van der Waals surface area contributed by atoms with Crippen LogP contribution in [-0.2, 0) is 6.42 Å². The van der Waals surface area contributed by atoms with E-state index in [1.807, 2.05) is 32.0 Å². The highest BCUT2D eigenvalue weighted by atomic mass is 16.5. The van der Waals surface area contributed by atoms with E-state index in [-0.39, 0.29) is 11.8 Å². The van der Waals surface area contributed by atoms with E-state index in [2.05, 4.69) is 0 Å². The maximum atomic E-state index is 12.0. The molecule has 17 heavy (non-hydrogen) atoms. The van der Waals surface area contributed by atoms with Gasteiger partial charge in [0.1, 0.15) is 5.75 Å². The van der Waals surface area contributed by atoms with Gasteiger partial charge in [-0.1, -0.05) is 13.8 Å². The van der Waals surface area contributed by atoms with Gasteiger partial charge in [0.2, 0.25) is 0 Å². The summed E-state index contributed by atoms with van der Waals surface area (Å²) in [5.74, 6) is 1.37. The lowest BCUT2D eigenvalue weighted by Gasteiger charge is -2.14. The van der Waals surface area contributed by atoms with E-state index in [9.17, 15) is 4.79 Å². The van der Waals surface area contributed by atoms with Gasteiger partial charge in [-0.3, -0.25) is 4.79 Å². The zero-order chi connectivity index (χ0) is 12.4. The Kier molecular flexibility index (Phi) is 3.48. The number of carbonyl (C=O) groups excluding carboxylic acids is 1. The van der Waals surface area contributed by atoms with Crippen LogP contribution in [0.1, 0.15) is 36.2 Å². The molecule has 0 saturated heterocycles. The van der Waals surface area contributed by atoms with E-state index >= 15 is 0 Å². The number of benzene rings is 1. The molecule has 0 amide bonds. The number of fused-ring (bicyclic) bond motifs is 1. The first-order valence-electron chi connectivity index (χ1n) is 6.12. The van der Waals surface area contributed by atoms with Crippen LogP contribution in [0, 0.1) is 5.92 Å². The zero-order valence-corrected chi connectivity index (χ0v) is 10.4. The number of hydrogen-bond acceptors (Lipinski definition) is 3. The predicted octanol–water partition coefficient (Wildman–Crippen LogP) is 2.18. The van der Waals surface area contributed by atoms with E-state index in [0.717, 1.165) is 29.9 Å². The molecule has 0 aromatic heterocycles. The third-order valence-electron chi connectivity index (χ3n) is 3.29. The molecule has 92 valence electrons. The van der Waals surface area contributed by atoms with E-state index in [1.165, 1.54) is 0 Å². The Hall–Kier alpha value is -1.35. The topological polar surface area (TPSA) is 52.3 Å². The van der Waals surface area contributed by atoms with Crippen molar-refractivity contribution in [2.75, 3.05) is 6.61 Å². The van der Waals surface area contributed by atoms with Gasteiger partial charge < -0.3 is 10.5 Å². The first-order valence-corrected chi connectivity index (χ1v) is 6.12.